The largest absolute Gasteiger partial charge is 0.326 e. The molecule has 1 aliphatic heterocycles. The first-order chi connectivity index (χ1) is 7.81. The Balaban J connectivity index is 1.97. The molecule has 1 saturated heterocycles. The van der Waals surface area contributed by atoms with Gasteiger partial charge in [0.15, 0.2) is 0 Å². The molecule has 1 aromatic carbocycles. The summed E-state index contributed by atoms with van der Waals surface area (Å²) in [4.78, 5) is 2.51. The zero-order chi connectivity index (χ0) is 11.4. The molecule has 2 unspecified atom stereocenters. The first-order valence-electron chi connectivity index (χ1n) is 6.34. The molecule has 1 aliphatic rings. The van der Waals surface area contributed by atoms with Crippen LogP contribution >= 0.6 is 0 Å². The molecular weight excluding hydrogens is 196 g/mol. The Bertz CT molecular complexity index is 310. The van der Waals surface area contributed by atoms with Crippen LogP contribution in [0.4, 0.5) is 0 Å². The predicted molar refractivity (Wildman–Crippen MR) is 68.5 cm³/mol. The topological polar surface area (TPSA) is 29.3 Å². The number of rotatable bonds is 4. The Morgan fingerprint density at radius 1 is 1.25 bits per heavy atom. The van der Waals surface area contributed by atoms with Crippen molar-refractivity contribution >= 4 is 0 Å². The smallest absolute Gasteiger partial charge is 0.0249 e. The molecule has 0 spiro atoms. The summed E-state index contributed by atoms with van der Waals surface area (Å²) in [7, 11) is 0. The molecule has 0 saturated carbocycles. The van der Waals surface area contributed by atoms with Gasteiger partial charge < -0.3 is 10.6 Å². The highest BCUT2D eigenvalue weighted by Crippen LogP contribution is 2.26. The minimum absolute atomic E-state index is 0.305. The third kappa shape index (κ3) is 2.63. The second kappa shape index (κ2) is 5.46. The minimum atomic E-state index is 0.305. The molecule has 0 aromatic heterocycles. The van der Waals surface area contributed by atoms with Crippen LogP contribution in [-0.2, 0) is 0 Å². The molecule has 2 nitrogen and oxygen atoms in total. The van der Waals surface area contributed by atoms with E-state index < -0.39 is 0 Å². The lowest BCUT2D eigenvalue weighted by Gasteiger charge is -2.15. The third-order valence-electron chi connectivity index (χ3n) is 3.50. The fourth-order valence-corrected chi connectivity index (χ4v) is 2.53. The van der Waals surface area contributed by atoms with Crippen LogP contribution in [-0.4, -0.2) is 30.6 Å². The molecule has 2 N–H and O–H groups in total. The first-order valence-corrected chi connectivity index (χ1v) is 6.34. The maximum atomic E-state index is 6.23. The van der Waals surface area contributed by atoms with Crippen LogP contribution in [0.15, 0.2) is 30.3 Å². The van der Waals surface area contributed by atoms with Crippen molar-refractivity contribution < 1.29 is 0 Å². The van der Waals surface area contributed by atoms with Gasteiger partial charge in [0.1, 0.15) is 0 Å². The van der Waals surface area contributed by atoms with Crippen LogP contribution in [0.2, 0.25) is 0 Å². The molecule has 1 aromatic rings. The van der Waals surface area contributed by atoms with E-state index >= 15 is 0 Å². The maximum absolute atomic E-state index is 6.23. The predicted octanol–water partition coefficient (Wildman–Crippen LogP) is 2.21. The van der Waals surface area contributed by atoms with Gasteiger partial charge in [0.2, 0.25) is 0 Å². The average molecular weight is 218 g/mol. The minimum Gasteiger partial charge on any atom is -0.326 e. The van der Waals surface area contributed by atoms with E-state index in [1.165, 1.54) is 24.9 Å². The maximum Gasteiger partial charge on any atom is 0.0249 e. The monoisotopic (exact) mass is 218 g/mol. The molecule has 1 fully saturated rings. The summed E-state index contributed by atoms with van der Waals surface area (Å²) in [5, 5.41) is 0. The summed E-state index contributed by atoms with van der Waals surface area (Å²) in [5.41, 5.74) is 7.63. The molecule has 2 heteroatoms. The Morgan fingerprint density at radius 3 is 2.69 bits per heavy atom. The number of hydrogen-bond acceptors (Lipinski definition) is 2. The van der Waals surface area contributed by atoms with Gasteiger partial charge in [-0.3, -0.25) is 0 Å². The lowest BCUT2D eigenvalue weighted by atomic mass is 9.95. The molecule has 2 rings (SSSR count). The molecular formula is C14H22N2. The first kappa shape index (κ1) is 11.6. The lowest BCUT2D eigenvalue weighted by molar-refractivity contribution is 0.325. The Hall–Kier alpha value is -0.860. The normalized spacial score (nSPS) is 26.1. The van der Waals surface area contributed by atoms with Crippen molar-refractivity contribution in [1.29, 1.82) is 0 Å². The number of nitrogens with zero attached hydrogens (tertiary/aromatic N) is 1. The third-order valence-corrected chi connectivity index (χ3v) is 3.50. The van der Waals surface area contributed by atoms with Crippen molar-refractivity contribution in [1.82, 2.24) is 4.90 Å². The standard InChI is InChI=1S/C14H22N2/c1-2-3-9-16-10-13(14(15)11-16)12-7-5-4-6-8-12/h4-8,13-14H,2-3,9-11,15H2,1H3. The number of nitrogens with two attached hydrogens (primary N) is 1. The van der Waals surface area contributed by atoms with Crippen molar-refractivity contribution in [3.05, 3.63) is 35.9 Å². The molecule has 0 aliphatic carbocycles. The molecule has 16 heavy (non-hydrogen) atoms. The lowest BCUT2D eigenvalue weighted by Crippen LogP contribution is -2.29. The van der Waals surface area contributed by atoms with E-state index in [-0.39, 0.29) is 0 Å². The number of hydrogen-bond donors (Lipinski definition) is 1. The van der Waals surface area contributed by atoms with Crippen molar-refractivity contribution in [2.75, 3.05) is 19.6 Å². The van der Waals surface area contributed by atoms with Crippen LogP contribution in [0.5, 0.6) is 0 Å². The van der Waals surface area contributed by atoms with Gasteiger partial charge in [-0.25, -0.2) is 0 Å². The second-order valence-electron chi connectivity index (χ2n) is 4.79. The molecule has 2 atom stereocenters. The highest BCUT2D eigenvalue weighted by Gasteiger charge is 2.30. The van der Waals surface area contributed by atoms with E-state index in [1.54, 1.807) is 0 Å². The summed E-state index contributed by atoms with van der Waals surface area (Å²) in [6, 6.07) is 11.0. The molecule has 0 bridgehead atoms. The van der Waals surface area contributed by atoms with Crippen LogP contribution in [0.3, 0.4) is 0 Å². The van der Waals surface area contributed by atoms with E-state index in [2.05, 4.69) is 42.2 Å². The van der Waals surface area contributed by atoms with Gasteiger partial charge in [0.25, 0.3) is 0 Å². The van der Waals surface area contributed by atoms with E-state index in [1.807, 2.05) is 0 Å². The van der Waals surface area contributed by atoms with Crippen molar-refractivity contribution in [3.63, 3.8) is 0 Å². The average Bonchev–Trinajstić information content (AvgIpc) is 2.69. The van der Waals surface area contributed by atoms with Crippen molar-refractivity contribution in [2.24, 2.45) is 5.73 Å². The number of benzene rings is 1. The van der Waals surface area contributed by atoms with Gasteiger partial charge >= 0.3 is 0 Å². The quantitative estimate of drug-likeness (QED) is 0.839. The molecule has 0 amide bonds. The summed E-state index contributed by atoms with van der Waals surface area (Å²) in [6.45, 7) is 5.63. The fraction of sp³-hybridized carbons (Fsp3) is 0.571. The van der Waals surface area contributed by atoms with E-state index in [0.717, 1.165) is 13.1 Å². The SMILES string of the molecule is CCCCN1CC(N)C(c2ccccc2)C1. The number of unbranched alkanes of at least 4 members (excludes halogenated alkanes) is 1. The van der Waals surface area contributed by atoms with Gasteiger partial charge in [-0.1, -0.05) is 43.7 Å². The number of likely N-dealkylation sites (tertiary alicyclic amines) is 1. The van der Waals surface area contributed by atoms with Gasteiger partial charge in [0.05, 0.1) is 0 Å². The Morgan fingerprint density at radius 2 is 2.00 bits per heavy atom. The molecule has 0 radical (unpaired) electrons. The van der Waals surface area contributed by atoms with Crippen LogP contribution in [0.25, 0.3) is 0 Å². The van der Waals surface area contributed by atoms with Gasteiger partial charge in [-0.15, -0.1) is 0 Å². The highest BCUT2D eigenvalue weighted by atomic mass is 15.2. The van der Waals surface area contributed by atoms with Crippen LogP contribution in [0, 0.1) is 0 Å². The van der Waals surface area contributed by atoms with Crippen molar-refractivity contribution in [3.8, 4) is 0 Å². The second-order valence-corrected chi connectivity index (χ2v) is 4.79. The zero-order valence-corrected chi connectivity index (χ0v) is 10.1. The van der Waals surface area contributed by atoms with Gasteiger partial charge in [0, 0.05) is 25.0 Å². The Labute approximate surface area is 98.4 Å². The van der Waals surface area contributed by atoms with Gasteiger partial charge in [-0.05, 0) is 18.5 Å². The van der Waals surface area contributed by atoms with E-state index in [9.17, 15) is 0 Å². The zero-order valence-electron chi connectivity index (χ0n) is 10.1. The Kier molecular flexibility index (Phi) is 3.97. The van der Waals surface area contributed by atoms with Crippen molar-refractivity contribution in [2.45, 2.75) is 31.7 Å². The summed E-state index contributed by atoms with van der Waals surface area (Å²) >= 11 is 0. The van der Waals surface area contributed by atoms with Gasteiger partial charge in [-0.2, -0.15) is 0 Å². The summed E-state index contributed by atoms with van der Waals surface area (Å²) in [6.07, 6.45) is 2.55. The van der Waals surface area contributed by atoms with E-state index in [4.69, 9.17) is 5.73 Å². The summed E-state index contributed by atoms with van der Waals surface area (Å²) in [5.74, 6) is 0.526. The van der Waals surface area contributed by atoms with Crippen LogP contribution in [0.1, 0.15) is 31.2 Å². The van der Waals surface area contributed by atoms with E-state index in [0.29, 0.717) is 12.0 Å². The summed E-state index contributed by atoms with van der Waals surface area (Å²) < 4.78 is 0. The molecule has 1 heterocycles. The fourth-order valence-electron chi connectivity index (χ4n) is 2.53. The highest BCUT2D eigenvalue weighted by molar-refractivity contribution is 5.23. The molecule has 88 valence electrons. The van der Waals surface area contributed by atoms with Crippen LogP contribution < -0.4 is 5.73 Å².